The number of aromatic nitrogens is 1. The lowest BCUT2D eigenvalue weighted by Crippen LogP contribution is -2.52. The number of hydrogen-bond acceptors (Lipinski definition) is 4. The van der Waals surface area contributed by atoms with E-state index in [1.165, 1.54) is 12.8 Å². The van der Waals surface area contributed by atoms with Crippen molar-refractivity contribution in [1.29, 1.82) is 0 Å². The number of carbonyl (C=O) groups is 1. The first-order valence-corrected chi connectivity index (χ1v) is 9.64. The molecular formula is C20H28N2O3. The molecule has 5 nitrogen and oxygen atoms in total. The molecule has 1 atom stereocenters. The van der Waals surface area contributed by atoms with Crippen LogP contribution in [0.2, 0.25) is 0 Å². The van der Waals surface area contributed by atoms with E-state index in [0.29, 0.717) is 17.7 Å². The number of carbonyl (C=O) groups excluding carboxylic acids is 1. The van der Waals surface area contributed by atoms with E-state index in [1.807, 2.05) is 30.0 Å². The molecule has 1 saturated carbocycles. The third kappa shape index (κ3) is 4.14. The maximum Gasteiger partial charge on any atom is 0.222 e. The van der Waals surface area contributed by atoms with E-state index in [9.17, 15) is 4.79 Å². The molecule has 3 heterocycles. The Hall–Kier alpha value is -1.62. The molecule has 0 N–H and O–H groups in total. The van der Waals surface area contributed by atoms with Crippen molar-refractivity contribution in [2.45, 2.75) is 63.6 Å². The van der Waals surface area contributed by atoms with Crippen molar-refractivity contribution < 1.29 is 14.3 Å². The summed E-state index contributed by atoms with van der Waals surface area (Å²) >= 11 is 0. The molecule has 136 valence electrons. The van der Waals surface area contributed by atoms with Crippen LogP contribution in [-0.2, 0) is 9.53 Å². The zero-order valence-electron chi connectivity index (χ0n) is 15.1. The molecule has 25 heavy (non-hydrogen) atoms. The van der Waals surface area contributed by atoms with E-state index >= 15 is 0 Å². The van der Waals surface area contributed by atoms with Gasteiger partial charge in [-0.15, -0.1) is 0 Å². The minimum Gasteiger partial charge on any atom is -0.474 e. The van der Waals surface area contributed by atoms with Crippen molar-refractivity contribution in [3.63, 3.8) is 0 Å². The van der Waals surface area contributed by atoms with Gasteiger partial charge in [0.15, 0.2) is 0 Å². The highest BCUT2D eigenvalue weighted by molar-refractivity contribution is 5.76. The van der Waals surface area contributed by atoms with Gasteiger partial charge in [0.2, 0.25) is 11.8 Å². The van der Waals surface area contributed by atoms with Gasteiger partial charge in [0.1, 0.15) is 6.10 Å². The lowest BCUT2D eigenvalue weighted by molar-refractivity contribution is -0.151. The minimum absolute atomic E-state index is 0.122. The summed E-state index contributed by atoms with van der Waals surface area (Å²) in [5.41, 5.74) is 0.852. The topological polar surface area (TPSA) is 51.7 Å². The van der Waals surface area contributed by atoms with Gasteiger partial charge in [0, 0.05) is 44.1 Å². The molecule has 2 aliphatic heterocycles. The van der Waals surface area contributed by atoms with Gasteiger partial charge in [-0.05, 0) is 44.6 Å². The van der Waals surface area contributed by atoms with Gasteiger partial charge in [0.25, 0.3) is 0 Å². The second kappa shape index (κ2) is 6.94. The molecule has 3 fully saturated rings. The molecule has 2 saturated heterocycles. The van der Waals surface area contributed by atoms with E-state index < -0.39 is 0 Å². The number of piperidine rings is 1. The molecule has 4 rings (SSSR count). The van der Waals surface area contributed by atoms with Crippen LogP contribution in [-0.4, -0.2) is 47.2 Å². The smallest absolute Gasteiger partial charge is 0.222 e. The second-order valence-electron chi connectivity index (χ2n) is 7.91. The molecule has 1 amide bonds. The summed E-state index contributed by atoms with van der Waals surface area (Å²) in [6.07, 6.45) is 7.01. The number of amides is 1. The number of aryl methyl sites for hydroxylation is 1. The van der Waals surface area contributed by atoms with Crippen LogP contribution in [0.1, 0.15) is 50.6 Å². The minimum atomic E-state index is -0.122. The number of pyridine rings is 1. The molecule has 1 spiro atoms. The monoisotopic (exact) mass is 344 g/mol. The van der Waals surface area contributed by atoms with Gasteiger partial charge in [-0.25, -0.2) is 4.98 Å². The fourth-order valence-corrected chi connectivity index (χ4v) is 4.05. The number of likely N-dealkylation sites (tertiary alicyclic amines) is 1. The highest BCUT2D eigenvalue weighted by Gasteiger charge is 2.42. The first-order valence-electron chi connectivity index (χ1n) is 9.64. The SMILES string of the molecule is Cc1cccc(OC2CCOC3(CCN(C(=O)CC4CC4)CC3)C2)n1. The summed E-state index contributed by atoms with van der Waals surface area (Å²) in [4.78, 5) is 18.8. The maximum absolute atomic E-state index is 12.3. The molecule has 0 bridgehead atoms. The van der Waals surface area contributed by atoms with Gasteiger partial charge >= 0.3 is 0 Å². The number of ether oxygens (including phenoxy) is 2. The van der Waals surface area contributed by atoms with Gasteiger partial charge in [-0.1, -0.05) is 6.07 Å². The third-order valence-corrected chi connectivity index (χ3v) is 5.79. The number of rotatable bonds is 4. The van der Waals surface area contributed by atoms with Crippen LogP contribution in [0.5, 0.6) is 5.88 Å². The predicted octanol–water partition coefficient (Wildman–Crippen LogP) is 3.11. The number of nitrogens with zero attached hydrogens (tertiary/aromatic N) is 2. The Morgan fingerprint density at radius 1 is 1.32 bits per heavy atom. The highest BCUT2D eigenvalue weighted by atomic mass is 16.5. The predicted molar refractivity (Wildman–Crippen MR) is 94.5 cm³/mol. The van der Waals surface area contributed by atoms with Crippen LogP contribution >= 0.6 is 0 Å². The highest BCUT2D eigenvalue weighted by Crippen LogP contribution is 2.38. The van der Waals surface area contributed by atoms with Crippen LogP contribution < -0.4 is 4.74 Å². The van der Waals surface area contributed by atoms with Crippen molar-refractivity contribution in [1.82, 2.24) is 9.88 Å². The lowest BCUT2D eigenvalue weighted by atomic mass is 9.83. The van der Waals surface area contributed by atoms with Crippen LogP contribution in [0.3, 0.4) is 0 Å². The largest absolute Gasteiger partial charge is 0.474 e. The van der Waals surface area contributed by atoms with E-state index in [0.717, 1.165) is 57.5 Å². The Labute approximate surface area is 149 Å². The van der Waals surface area contributed by atoms with E-state index in [2.05, 4.69) is 4.98 Å². The first-order chi connectivity index (χ1) is 12.1. The first kappa shape index (κ1) is 16.8. The van der Waals surface area contributed by atoms with Crippen molar-refractivity contribution >= 4 is 5.91 Å². The molecular weight excluding hydrogens is 316 g/mol. The average Bonchev–Trinajstić information content (AvgIpc) is 3.39. The number of hydrogen-bond donors (Lipinski definition) is 0. The average molecular weight is 344 g/mol. The van der Waals surface area contributed by atoms with Crippen LogP contribution in [0.15, 0.2) is 18.2 Å². The summed E-state index contributed by atoms with van der Waals surface area (Å²) in [5.74, 6) is 1.71. The van der Waals surface area contributed by atoms with Gasteiger partial charge in [-0.3, -0.25) is 4.79 Å². The molecule has 1 aromatic rings. The van der Waals surface area contributed by atoms with Gasteiger partial charge in [0.05, 0.1) is 12.2 Å². The summed E-state index contributed by atoms with van der Waals surface area (Å²) in [6.45, 7) is 4.35. The Balaban J connectivity index is 1.32. The van der Waals surface area contributed by atoms with Crippen LogP contribution in [0.4, 0.5) is 0 Å². The maximum atomic E-state index is 12.3. The Bertz CT molecular complexity index is 621. The Kier molecular flexibility index (Phi) is 4.67. The van der Waals surface area contributed by atoms with Crippen molar-refractivity contribution in [3.05, 3.63) is 23.9 Å². The third-order valence-electron chi connectivity index (χ3n) is 5.79. The van der Waals surface area contributed by atoms with Gasteiger partial charge in [-0.2, -0.15) is 0 Å². The molecule has 3 aliphatic rings. The summed E-state index contributed by atoms with van der Waals surface area (Å²) < 4.78 is 12.3. The molecule has 1 aromatic heterocycles. The molecule has 1 unspecified atom stereocenters. The molecule has 0 aromatic carbocycles. The van der Waals surface area contributed by atoms with Crippen molar-refractivity contribution in [3.8, 4) is 5.88 Å². The van der Waals surface area contributed by atoms with E-state index in [1.54, 1.807) is 0 Å². The van der Waals surface area contributed by atoms with E-state index in [-0.39, 0.29) is 11.7 Å². The Morgan fingerprint density at radius 2 is 2.12 bits per heavy atom. The zero-order chi connectivity index (χ0) is 17.3. The van der Waals surface area contributed by atoms with Crippen molar-refractivity contribution in [2.24, 2.45) is 5.92 Å². The summed E-state index contributed by atoms with van der Waals surface area (Å²) in [5, 5.41) is 0. The molecule has 1 aliphatic carbocycles. The van der Waals surface area contributed by atoms with Crippen molar-refractivity contribution in [2.75, 3.05) is 19.7 Å². The quantitative estimate of drug-likeness (QED) is 0.842. The summed E-state index contributed by atoms with van der Waals surface area (Å²) in [7, 11) is 0. The van der Waals surface area contributed by atoms with Crippen LogP contribution in [0.25, 0.3) is 0 Å². The lowest BCUT2D eigenvalue weighted by Gasteiger charge is -2.46. The van der Waals surface area contributed by atoms with E-state index in [4.69, 9.17) is 9.47 Å². The Morgan fingerprint density at radius 3 is 2.84 bits per heavy atom. The fraction of sp³-hybridized carbons (Fsp3) is 0.700. The fourth-order valence-electron chi connectivity index (χ4n) is 4.05. The normalized spacial score (nSPS) is 25.8. The van der Waals surface area contributed by atoms with Crippen LogP contribution in [0, 0.1) is 12.8 Å². The zero-order valence-corrected chi connectivity index (χ0v) is 15.1. The second-order valence-corrected chi connectivity index (χ2v) is 7.91. The standard InChI is InChI=1S/C20H28N2O3/c1-15-3-2-4-18(21-15)25-17-7-12-24-20(14-17)8-10-22(11-9-20)19(23)13-16-5-6-16/h2-4,16-17H,5-14H2,1H3. The van der Waals surface area contributed by atoms with Gasteiger partial charge < -0.3 is 14.4 Å². The summed E-state index contributed by atoms with van der Waals surface area (Å²) in [6, 6.07) is 5.89. The molecule has 5 heteroatoms. The molecule has 0 radical (unpaired) electrons.